The molecule has 4 heterocycles. The Labute approximate surface area is 168 Å². The molecule has 154 valence electrons. The van der Waals surface area contributed by atoms with E-state index in [-0.39, 0.29) is 11.9 Å². The maximum Gasteiger partial charge on any atom is 0.165 e. The Bertz CT molecular complexity index is 1020. The van der Waals surface area contributed by atoms with Gasteiger partial charge in [0.15, 0.2) is 17.3 Å². The van der Waals surface area contributed by atoms with Crippen LogP contribution in [0.4, 0.5) is 10.2 Å². The van der Waals surface area contributed by atoms with Crippen molar-refractivity contribution in [1.82, 2.24) is 24.9 Å². The van der Waals surface area contributed by atoms with Crippen LogP contribution in [-0.2, 0) is 5.60 Å². The van der Waals surface area contributed by atoms with Crippen LogP contribution in [0.25, 0.3) is 17.0 Å². The molecule has 1 fully saturated rings. The number of hydrogen-bond donors (Lipinski definition) is 3. The average molecular weight is 400 g/mol. The Morgan fingerprint density at radius 1 is 1.38 bits per heavy atom. The van der Waals surface area contributed by atoms with Crippen molar-refractivity contribution < 1.29 is 14.2 Å². The molecular formula is C20H25FN6O2. The molecule has 0 bridgehead atoms. The third-order valence-corrected chi connectivity index (χ3v) is 5.00. The fourth-order valence-corrected chi connectivity index (χ4v) is 3.51. The summed E-state index contributed by atoms with van der Waals surface area (Å²) >= 11 is 0. The molecule has 3 N–H and O–H groups in total. The van der Waals surface area contributed by atoms with Gasteiger partial charge < -0.3 is 20.5 Å². The number of rotatable bonds is 5. The molecule has 9 heteroatoms. The third-order valence-electron chi connectivity index (χ3n) is 5.00. The molecule has 0 radical (unpaired) electrons. The van der Waals surface area contributed by atoms with Gasteiger partial charge in [0, 0.05) is 18.7 Å². The lowest BCUT2D eigenvalue weighted by Crippen LogP contribution is -2.38. The van der Waals surface area contributed by atoms with E-state index in [4.69, 9.17) is 4.74 Å². The van der Waals surface area contributed by atoms with E-state index in [0.717, 1.165) is 25.9 Å². The first-order valence-electron chi connectivity index (χ1n) is 9.66. The van der Waals surface area contributed by atoms with Crippen LogP contribution in [0.2, 0.25) is 0 Å². The zero-order valence-corrected chi connectivity index (χ0v) is 16.7. The van der Waals surface area contributed by atoms with Gasteiger partial charge in [-0.25, -0.2) is 18.9 Å². The van der Waals surface area contributed by atoms with Gasteiger partial charge in [0.1, 0.15) is 22.7 Å². The van der Waals surface area contributed by atoms with E-state index in [1.807, 2.05) is 0 Å². The normalized spacial score (nSPS) is 17.5. The van der Waals surface area contributed by atoms with Crippen LogP contribution in [0.3, 0.4) is 0 Å². The van der Waals surface area contributed by atoms with E-state index in [1.54, 1.807) is 36.7 Å². The monoisotopic (exact) mass is 400 g/mol. The molecule has 3 aromatic rings. The van der Waals surface area contributed by atoms with E-state index >= 15 is 0 Å². The molecule has 0 spiro atoms. The minimum absolute atomic E-state index is 0.132. The number of hydrogen-bond acceptors (Lipinski definition) is 7. The van der Waals surface area contributed by atoms with Crippen molar-refractivity contribution >= 4 is 11.5 Å². The molecule has 1 unspecified atom stereocenters. The third kappa shape index (κ3) is 3.88. The minimum atomic E-state index is -1.21. The van der Waals surface area contributed by atoms with Crippen LogP contribution in [0.15, 0.2) is 24.4 Å². The quantitative estimate of drug-likeness (QED) is 0.605. The molecule has 0 amide bonds. The highest BCUT2D eigenvalue weighted by Crippen LogP contribution is 2.30. The number of nitrogens with zero attached hydrogens (tertiary/aromatic N) is 4. The number of nitrogens with one attached hydrogen (secondary N) is 2. The molecule has 3 aromatic heterocycles. The number of halogens is 1. The molecule has 1 aliphatic rings. The van der Waals surface area contributed by atoms with Gasteiger partial charge >= 0.3 is 0 Å². The number of fused-ring (bicyclic) bond motifs is 1. The van der Waals surface area contributed by atoms with E-state index in [9.17, 15) is 9.50 Å². The van der Waals surface area contributed by atoms with Gasteiger partial charge in [-0.1, -0.05) is 0 Å². The number of piperidine rings is 1. The Hall–Kier alpha value is -2.78. The van der Waals surface area contributed by atoms with Crippen LogP contribution in [-0.4, -0.2) is 50.9 Å². The van der Waals surface area contributed by atoms with Gasteiger partial charge in [0.05, 0.1) is 19.0 Å². The summed E-state index contributed by atoms with van der Waals surface area (Å²) in [6.45, 7) is 5.03. The Morgan fingerprint density at radius 2 is 2.21 bits per heavy atom. The van der Waals surface area contributed by atoms with Crippen molar-refractivity contribution in [2.24, 2.45) is 0 Å². The summed E-state index contributed by atoms with van der Waals surface area (Å²) in [5.74, 6) is 0.253. The highest BCUT2D eigenvalue weighted by Gasteiger charge is 2.25. The van der Waals surface area contributed by atoms with E-state index in [2.05, 4.69) is 25.7 Å². The lowest BCUT2D eigenvalue weighted by molar-refractivity contribution is 0.0694. The summed E-state index contributed by atoms with van der Waals surface area (Å²) in [6.07, 6.45) is 3.63. The first kappa shape index (κ1) is 19.5. The molecule has 1 aliphatic heterocycles. The number of aromatic nitrogens is 4. The highest BCUT2D eigenvalue weighted by atomic mass is 19.1. The van der Waals surface area contributed by atoms with Crippen molar-refractivity contribution in [1.29, 1.82) is 0 Å². The van der Waals surface area contributed by atoms with Crippen molar-refractivity contribution in [3.8, 4) is 17.1 Å². The molecule has 1 saturated heterocycles. The van der Waals surface area contributed by atoms with Crippen LogP contribution >= 0.6 is 0 Å². The average Bonchev–Trinajstić information content (AvgIpc) is 3.12. The largest absolute Gasteiger partial charge is 0.495 e. The smallest absolute Gasteiger partial charge is 0.165 e. The van der Waals surface area contributed by atoms with E-state index in [1.165, 1.54) is 13.2 Å². The molecule has 0 aromatic carbocycles. The van der Waals surface area contributed by atoms with Crippen LogP contribution in [0.5, 0.6) is 5.75 Å². The van der Waals surface area contributed by atoms with Crippen molar-refractivity contribution in [3.63, 3.8) is 0 Å². The summed E-state index contributed by atoms with van der Waals surface area (Å²) in [5.41, 5.74) is 0.836. The Morgan fingerprint density at radius 3 is 2.90 bits per heavy atom. The fraction of sp³-hybridized carbons (Fsp3) is 0.450. The van der Waals surface area contributed by atoms with Crippen LogP contribution in [0, 0.1) is 5.82 Å². The predicted octanol–water partition coefficient (Wildman–Crippen LogP) is 2.33. The van der Waals surface area contributed by atoms with Gasteiger partial charge in [-0.2, -0.15) is 5.10 Å². The second-order valence-electron chi connectivity index (χ2n) is 7.75. The predicted molar refractivity (Wildman–Crippen MR) is 107 cm³/mol. The van der Waals surface area contributed by atoms with Gasteiger partial charge in [0.25, 0.3) is 0 Å². The molecule has 0 aliphatic carbocycles. The van der Waals surface area contributed by atoms with Crippen molar-refractivity contribution in [2.45, 2.75) is 38.3 Å². The Balaban J connectivity index is 1.75. The van der Waals surface area contributed by atoms with E-state index in [0.29, 0.717) is 28.5 Å². The summed E-state index contributed by atoms with van der Waals surface area (Å²) in [5, 5.41) is 21.5. The van der Waals surface area contributed by atoms with Crippen molar-refractivity contribution in [3.05, 3.63) is 35.9 Å². The second kappa shape index (κ2) is 7.57. The lowest BCUT2D eigenvalue weighted by Gasteiger charge is -2.24. The fourth-order valence-electron chi connectivity index (χ4n) is 3.51. The molecule has 4 rings (SSSR count). The summed E-state index contributed by atoms with van der Waals surface area (Å²) in [6, 6.07) is 4.83. The molecular weight excluding hydrogens is 375 g/mol. The number of ether oxygens (including phenoxy) is 1. The molecule has 0 saturated carbocycles. The summed E-state index contributed by atoms with van der Waals surface area (Å²) in [4.78, 5) is 8.85. The van der Waals surface area contributed by atoms with Crippen molar-refractivity contribution in [2.75, 3.05) is 25.5 Å². The number of aliphatic hydroxyl groups is 1. The first-order valence-corrected chi connectivity index (χ1v) is 9.66. The molecule has 1 atom stereocenters. The van der Waals surface area contributed by atoms with Gasteiger partial charge in [0.2, 0.25) is 0 Å². The van der Waals surface area contributed by atoms with E-state index < -0.39 is 11.4 Å². The number of anilines is 1. The lowest BCUT2D eigenvalue weighted by atomic mass is 10.0. The Kier molecular flexibility index (Phi) is 5.10. The first-order chi connectivity index (χ1) is 13.9. The van der Waals surface area contributed by atoms with Gasteiger partial charge in [-0.3, -0.25) is 0 Å². The van der Waals surface area contributed by atoms with Crippen LogP contribution < -0.4 is 15.4 Å². The van der Waals surface area contributed by atoms with Crippen LogP contribution in [0.1, 0.15) is 32.4 Å². The minimum Gasteiger partial charge on any atom is -0.495 e. The molecule has 8 nitrogen and oxygen atoms in total. The molecule has 29 heavy (non-hydrogen) atoms. The summed E-state index contributed by atoms with van der Waals surface area (Å²) in [7, 11) is 1.52. The SMILES string of the molecule is COc1cc2ncc(-c3ccc(F)c(NC4CCCNC4)n3)n2nc1C(C)(C)O. The zero-order valence-electron chi connectivity index (χ0n) is 16.7. The van der Waals surface area contributed by atoms with Gasteiger partial charge in [-0.05, 0) is 45.4 Å². The zero-order chi connectivity index (χ0) is 20.6. The highest BCUT2D eigenvalue weighted by molar-refractivity contribution is 5.62. The van der Waals surface area contributed by atoms with Gasteiger partial charge in [-0.15, -0.1) is 0 Å². The standard InChI is InChI=1S/C20H25FN6O2/c1-20(2,28)18-16(29-3)9-17-23-11-15(27(17)26-18)14-7-6-13(21)19(25-14)24-12-5-4-8-22-10-12/h6-7,9,11-12,22,28H,4-5,8,10H2,1-3H3,(H,24,25). The number of pyridine rings is 1. The maximum atomic E-state index is 14.4. The topological polar surface area (TPSA) is 96.6 Å². The summed E-state index contributed by atoms with van der Waals surface area (Å²) < 4.78 is 21.3. The number of methoxy groups -OCH3 is 1. The number of imidazole rings is 1. The maximum absolute atomic E-state index is 14.4. The second-order valence-corrected chi connectivity index (χ2v) is 7.75.